The predicted molar refractivity (Wildman–Crippen MR) is 77.5 cm³/mol. The van der Waals surface area contributed by atoms with Crippen molar-refractivity contribution in [3.05, 3.63) is 34.7 Å². The summed E-state index contributed by atoms with van der Waals surface area (Å²) < 4.78 is 74.3. The third kappa shape index (κ3) is 4.57. The van der Waals surface area contributed by atoms with Crippen molar-refractivity contribution in [2.24, 2.45) is 0 Å². The highest BCUT2D eigenvalue weighted by Crippen LogP contribution is 2.37. The number of imidazole rings is 1. The van der Waals surface area contributed by atoms with E-state index in [1.165, 1.54) is 0 Å². The molecule has 0 aliphatic carbocycles. The molecule has 0 fully saturated rings. The normalized spacial score (nSPS) is 13.9. The zero-order valence-corrected chi connectivity index (χ0v) is 14.0. The molecule has 0 radical (unpaired) electrons. The molecule has 1 atom stereocenters. The van der Waals surface area contributed by atoms with E-state index in [9.17, 15) is 26.5 Å². The zero-order valence-electron chi connectivity index (χ0n) is 11.0. The molecule has 1 unspecified atom stereocenters. The van der Waals surface area contributed by atoms with E-state index in [0.29, 0.717) is 0 Å². The Labute approximate surface area is 149 Å². The zero-order chi connectivity index (χ0) is 18.3. The Balaban J connectivity index is 2.38. The molecule has 2 aromatic rings. The molecule has 0 bridgehead atoms. The van der Waals surface area contributed by atoms with Gasteiger partial charge in [0.05, 0.1) is 33.1 Å². The summed E-state index contributed by atoms with van der Waals surface area (Å²) in [6.45, 7) is 0. The molecule has 0 aliphatic heterocycles. The molecule has 0 saturated carbocycles. The van der Waals surface area contributed by atoms with Crippen LogP contribution in [-0.4, -0.2) is 25.2 Å². The average molecular weight is 430 g/mol. The van der Waals surface area contributed by atoms with E-state index in [0.717, 1.165) is 29.2 Å². The molecule has 4 nitrogen and oxygen atoms in total. The van der Waals surface area contributed by atoms with Gasteiger partial charge < -0.3 is 9.29 Å². The molecule has 132 valence electrons. The highest BCUT2D eigenvalue weighted by atomic mass is 35.5. The van der Waals surface area contributed by atoms with Crippen molar-refractivity contribution < 1.29 is 31.2 Å². The van der Waals surface area contributed by atoms with Crippen LogP contribution in [0, 0.1) is 0 Å². The average Bonchev–Trinajstić information content (AvgIpc) is 2.82. The number of nitrogens with zero attached hydrogens (tertiary/aromatic N) is 2. The van der Waals surface area contributed by atoms with E-state index in [1.807, 2.05) is 0 Å². The van der Waals surface area contributed by atoms with Crippen LogP contribution < -0.4 is 4.74 Å². The number of benzene rings is 1. The summed E-state index contributed by atoms with van der Waals surface area (Å²) in [5.41, 5.74) is -0.0681. The van der Waals surface area contributed by atoms with Crippen LogP contribution >= 0.6 is 34.8 Å². The monoisotopic (exact) mass is 428 g/mol. The van der Waals surface area contributed by atoms with E-state index < -0.39 is 33.0 Å². The van der Waals surface area contributed by atoms with Gasteiger partial charge in [0.15, 0.2) is 0 Å². The van der Waals surface area contributed by atoms with E-state index >= 15 is 0 Å². The molecule has 1 heterocycles. The Kier molecular flexibility index (Phi) is 5.46. The largest absolute Gasteiger partial charge is 0.604 e. The van der Waals surface area contributed by atoms with Crippen LogP contribution in [0.5, 0.6) is 5.75 Å². The van der Waals surface area contributed by atoms with Crippen molar-refractivity contribution in [2.45, 2.75) is 16.1 Å². The molecular weight excluding hydrogens is 426 g/mol. The van der Waals surface area contributed by atoms with Gasteiger partial charge in [-0.1, -0.05) is 23.2 Å². The van der Waals surface area contributed by atoms with Crippen molar-refractivity contribution in [1.82, 2.24) is 9.55 Å². The van der Waals surface area contributed by atoms with Gasteiger partial charge in [0.1, 0.15) is 12.1 Å². The van der Waals surface area contributed by atoms with Crippen molar-refractivity contribution >= 4 is 46.0 Å². The lowest BCUT2D eigenvalue weighted by Gasteiger charge is -2.13. The molecule has 0 N–H and O–H groups in total. The Morgan fingerprint density at radius 3 is 2.12 bits per heavy atom. The lowest BCUT2D eigenvalue weighted by Crippen LogP contribution is -2.22. The van der Waals surface area contributed by atoms with Crippen LogP contribution in [0.4, 0.5) is 22.0 Å². The SMILES string of the molecule is [O-][S+](c1cn(-c2c(Cl)cc(OC(F)(F)F)cc2Cl)cn1)C(F)(F)Cl. The summed E-state index contributed by atoms with van der Waals surface area (Å²) in [7, 11) is 0. The van der Waals surface area contributed by atoms with Gasteiger partial charge in [-0.25, -0.2) is 0 Å². The Morgan fingerprint density at radius 2 is 1.67 bits per heavy atom. The third-order valence-corrected chi connectivity index (χ3v) is 4.45. The standard InChI is InChI=1S/C11H4Cl3F5N2O2S/c12-6-1-5(23-11(17,18)19)2-7(13)9(6)21-3-8(20-4-21)24(22)10(14,15)16/h1-4H. The van der Waals surface area contributed by atoms with Gasteiger partial charge in [-0.05, 0) is 0 Å². The van der Waals surface area contributed by atoms with Gasteiger partial charge >= 0.3 is 11.1 Å². The third-order valence-electron chi connectivity index (χ3n) is 2.44. The van der Waals surface area contributed by atoms with Crippen LogP contribution in [0.2, 0.25) is 10.0 Å². The predicted octanol–water partition coefficient (Wildman–Crippen LogP) is 4.97. The lowest BCUT2D eigenvalue weighted by atomic mass is 10.3. The van der Waals surface area contributed by atoms with Gasteiger partial charge in [0, 0.05) is 23.7 Å². The number of aromatic nitrogens is 2. The molecular formula is C11H4Cl3F5N2O2S. The smallest absolute Gasteiger partial charge is 0.573 e. The second-order valence-electron chi connectivity index (χ2n) is 4.12. The van der Waals surface area contributed by atoms with Crippen LogP contribution in [-0.2, 0) is 11.2 Å². The quantitative estimate of drug-likeness (QED) is 0.391. The topological polar surface area (TPSA) is 50.1 Å². The van der Waals surface area contributed by atoms with E-state index in [1.54, 1.807) is 0 Å². The fourth-order valence-corrected chi connectivity index (χ4v) is 3.11. The maximum Gasteiger partial charge on any atom is 0.573 e. The van der Waals surface area contributed by atoms with E-state index in [-0.39, 0.29) is 15.7 Å². The summed E-state index contributed by atoms with van der Waals surface area (Å²) >= 11 is 13.4. The lowest BCUT2D eigenvalue weighted by molar-refractivity contribution is -0.274. The van der Waals surface area contributed by atoms with Gasteiger partial charge in [-0.3, -0.25) is 4.57 Å². The number of alkyl halides is 6. The van der Waals surface area contributed by atoms with Crippen molar-refractivity contribution in [1.29, 1.82) is 0 Å². The van der Waals surface area contributed by atoms with Crippen molar-refractivity contribution in [3.8, 4) is 11.4 Å². The molecule has 1 aromatic heterocycles. The van der Waals surface area contributed by atoms with Gasteiger partial charge in [0.2, 0.25) is 0 Å². The second kappa shape index (κ2) is 6.75. The maximum atomic E-state index is 12.8. The molecule has 13 heteroatoms. The maximum absolute atomic E-state index is 12.8. The molecule has 24 heavy (non-hydrogen) atoms. The first-order valence-corrected chi connectivity index (χ1v) is 7.94. The van der Waals surface area contributed by atoms with Gasteiger partial charge in [0.25, 0.3) is 5.03 Å². The highest BCUT2D eigenvalue weighted by molar-refractivity contribution is 7.93. The molecule has 0 spiro atoms. The van der Waals surface area contributed by atoms with E-state index in [2.05, 4.69) is 21.3 Å². The van der Waals surface area contributed by atoms with Crippen LogP contribution in [0.15, 0.2) is 29.7 Å². The Morgan fingerprint density at radius 1 is 1.12 bits per heavy atom. The fraction of sp³-hybridized carbons (Fsp3) is 0.182. The molecule has 0 aliphatic rings. The molecule has 0 saturated heterocycles. The van der Waals surface area contributed by atoms with Gasteiger partial charge in [-0.15, -0.1) is 22.0 Å². The second-order valence-corrected chi connectivity index (χ2v) is 7.10. The highest BCUT2D eigenvalue weighted by Gasteiger charge is 2.44. The number of halogens is 8. The number of ether oxygens (including phenoxy) is 1. The summed E-state index contributed by atoms with van der Waals surface area (Å²) in [5.74, 6) is -0.669. The number of hydrogen-bond donors (Lipinski definition) is 0. The van der Waals surface area contributed by atoms with Gasteiger partial charge in [-0.2, -0.15) is 4.98 Å². The van der Waals surface area contributed by atoms with Crippen LogP contribution in [0.25, 0.3) is 5.69 Å². The summed E-state index contributed by atoms with van der Waals surface area (Å²) in [4.78, 5) is 3.49. The minimum absolute atomic E-state index is 0.0681. The first-order chi connectivity index (χ1) is 10.9. The molecule has 2 rings (SSSR count). The Bertz CT molecular complexity index is 727. The summed E-state index contributed by atoms with van der Waals surface area (Å²) in [5, 5.41) is -1.14. The Hall–Kier alpha value is -0.940. The summed E-state index contributed by atoms with van der Waals surface area (Å²) in [6, 6.07) is 1.64. The minimum Gasteiger partial charge on any atom is -0.604 e. The number of rotatable bonds is 4. The molecule has 1 aromatic carbocycles. The minimum atomic E-state index is -4.95. The van der Waals surface area contributed by atoms with Crippen molar-refractivity contribution in [2.75, 3.05) is 0 Å². The van der Waals surface area contributed by atoms with E-state index in [4.69, 9.17) is 23.2 Å². The van der Waals surface area contributed by atoms with Crippen LogP contribution in [0.1, 0.15) is 0 Å². The fourth-order valence-electron chi connectivity index (χ4n) is 1.62. The first-order valence-electron chi connectivity index (χ1n) is 5.66. The number of hydrogen-bond acceptors (Lipinski definition) is 3. The first kappa shape index (κ1) is 19.4. The molecule has 0 amide bonds. The summed E-state index contributed by atoms with van der Waals surface area (Å²) in [6.07, 6.45) is -3.09. The van der Waals surface area contributed by atoms with Crippen molar-refractivity contribution in [3.63, 3.8) is 0 Å². The van der Waals surface area contributed by atoms with Crippen LogP contribution in [0.3, 0.4) is 0 Å².